The lowest BCUT2D eigenvalue weighted by Crippen LogP contribution is -2.65. The molecule has 0 aromatic carbocycles. The predicted octanol–water partition coefficient (Wildman–Crippen LogP) is -0.798. The van der Waals surface area contributed by atoms with E-state index in [4.69, 9.17) is 32.7 Å². The number of amides is 2. The van der Waals surface area contributed by atoms with Gasteiger partial charge in [-0.3, -0.25) is 18.6 Å². The van der Waals surface area contributed by atoms with Gasteiger partial charge < -0.3 is 64.7 Å². The summed E-state index contributed by atoms with van der Waals surface area (Å²) >= 11 is 0. The lowest BCUT2D eigenvalue weighted by atomic mass is 9.97. The summed E-state index contributed by atoms with van der Waals surface area (Å²) in [5.41, 5.74) is -0.996. The molecular formula is C30H57N2O16P. The SMILES string of the molecule is CC(=O)N[C@H]1[C@H](OCCCCCCCOC[C@@H](COP(=O)(O)OC(C)(C)C)O[C@@H]2O[C@H](CO)[C@H](O)[C@H](O)[C@H]2NC(C)=O)O[C@H](C)[C@H](O)[C@@H]1O. The van der Waals surface area contributed by atoms with E-state index in [0.717, 1.165) is 19.3 Å². The molecule has 19 heteroatoms. The van der Waals surface area contributed by atoms with E-state index in [1.165, 1.54) is 13.8 Å². The molecular weight excluding hydrogens is 675 g/mol. The van der Waals surface area contributed by atoms with Gasteiger partial charge in [0.1, 0.15) is 48.7 Å². The number of phosphoric acid groups is 1. The van der Waals surface area contributed by atoms with Gasteiger partial charge in [-0.05, 0) is 40.5 Å². The summed E-state index contributed by atoms with van der Waals surface area (Å²) < 4.78 is 51.5. The fourth-order valence-electron chi connectivity index (χ4n) is 5.26. The second-order valence-corrected chi connectivity index (χ2v) is 14.7. The minimum atomic E-state index is -4.53. The molecule has 0 aliphatic carbocycles. The lowest BCUT2D eigenvalue weighted by molar-refractivity contribution is -0.287. The number of nitrogens with one attached hydrogen (secondary N) is 2. The van der Waals surface area contributed by atoms with Crippen molar-refractivity contribution in [2.75, 3.05) is 33.0 Å². The van der Waals surface area contributed by atoms with Gasteiger partial charge in [0.2, 0.25) is 11.8 Å². The fraction of sp³-hybridized carbons (Fsp3) is 0.933. The molecule has 2 fully saturated rings. The number of hydrogen-bond donors (Lipinski definition) is 8. The van der Waals surface area contributed by atoms with Crippen molar-refractivity contribution >= 4 is 19.6 Å². The van der Waals surface area contributed by atoms with E-state index in [1.54, 1.807) is 27.7 Å². The third kappa shape index (κ3) is 15.4. The first-order chi connectivity index (χ1) is 22.8. The smallest absolute Gasteiger partial charge is 0.394 e. The van der Waals surface area contributed by atoms with Crippen molar-refractivity contribution in [2.24, 2.45) is 0 Å². The molecule has 18 nitrogen and oxygen atoms in total. The van der Waals surface area contributed by atoms with E-state index in [2.05, 4.69) is 10.6 Å². The van der Waals surface area contributed by atoms with Gasteiger partial charge in [-0.25, -0.2) is 4.57 Å². The molecule has 0 spiro atoms. The van der Waals surface area contributed by atoms with Crippen LogP contribution in [0, 0.1) is 0 Å². The van der Waals surface area contributed by atoms with Crippen LogP contribution in [0.15, 0.2) is 0 Å². The van der Waals surface area contributed by atoms with Crippen LogP contribution in [0.3, 0.4) is 0 Å². The molecule has 0 bridgehead atoms. The molecule has 2 heterocycles. The highest BCUT2D eigenvalue weighted by Gasteiger charge is 2.47. The first-order valence-electron chi connectivity index (χ1n) is 16.6. The number of aliphatic hydroxyl groups excluding tert-OH is 5. The molecule has 1 unspecified atom stereocenters. The Hall–Kier alpha value is -1.35. The Morgan fingerprint density at radius 3 is 1.94 bits per heavy atom. The van der Waals surface area contributed by atoms with Crippen LogP contribution in [0.4, 0.5) is 0 Å². The second kappa shape index (κ2) is 20.6. The molecule has 8 N–H and O–H groups in total. The minimum absolute atomic E-state index is 0.145. The zero-order valence-electron chi connectivity index (χ0n) is 29.1. The van der Waals surface area contributed by atoms with Crippen molar-refractivity contribution in [3.05, 3.63) is 0 Å². The number of ether oxygens (including phenoxy) is 5. The number of carbonyl (C=O) groups is 2. The third-order valence-corrected chi connectivity index (χ3v) is 8.87. The second-order valence-electron chi connectivity index (χ2n) is 13.3. The van der Waals surface area contributed by atoms with Crippen LogP contribution in [-0.2, 0) is 46.9 Å². The lowest BCUT2D eigenvalue weighted by Gasteiger charge is -2.43. The summed E-state index contributed by atoms with van der Waals surface area (Å²) in [5, 5.41) is 56.0. The van der Waals surface area contributed by atoms with E-state index in [-0.39, 0.29) is 12.5 Å². The van der Waals surface area contributed by atoms with Gasteiger partial charge in [0.25, 0.3) is 0 Å². The van der Waals surface area contributed by atoms with Crippen molar-refractivity contribution in [1.82, 2.24) is 10.6 Å². The van der Waals surface area contributed by atoms with E-state index < -0.39 is 99.9 Å². The van der Waals surface area contributed by atoms with Crippen LogP contribution < -0.4 is 10.6 Å². The molecule has 2 aliphatic rings. The average molecular weight is 733 g/mol. The van der Waals surface area contributed by atoms with Crippen molar-refractivity contribution in [3.8, 4) is 0 Å². The minimum Gasteiger partial charge on any atom is -0.394 e. The Bertz CT molecular complexity index is 1050. The summed E-state index contributed by atoms with van der Waals surface area (Å²) in [6.07, 6.45) is -6.95. The first-order valence-corrected chi connectivity index (χ1v) is 18.1. The standard InChI is InChI=1S/C30H57N2O16P/c1-17-24(36)26(38)22(31-18(2)34)28(45-17)43-13-11-9-7-8-10-12-42-15-20(16-44-49(40,41)48-30(4,5)6)46-29-23(32-19(3)35)27(39)25(37)21(14-33)47-29/h17,20-29,33,36-39H,7-16H2,1-6H3,(H,31,34)(H,32,35)(H,40,41)/t17-,20+,21-,22-,23-,24+,25+,26-,27-,28-,29-/m1/s1. The van der Waals surface area contributed by atoms with Gasteiger partial charge in [0.15, 0.2) is 12.6 Å². The monoisotopic (exact) mass is 732 g/mol. The van der Waals surface area contributed by atoms with Gasteiger partial charge >= 0.3 is 7.82 Å². The molecule has 0 aromatic rings. The maximum atomic E-state index is 12.5. The van der Waals surface area contributed by atoms with Gasteiger partial charge in [-0.15, -0.1) is 0 Å². The first kappa shape index (κ1) is 43.8. The molecule has 12 atom stereocenters. The molecule has 2 rings (SSSR count). The number of aliphatic hydroxyl groups is 5. The number of unbranched alkanes of at least 4 members (excludes halogenated alkanes) is 4. The Morgan fingerprint density at radius 2 is 1.37 bits per heavy atom. The van der Waals surface area contributed by atoms with E-state index in [9.17, 15) is 44.6 Å². The topological polar surface area (TPSA) is 261 Å². The summed E-state index contributed by atoms with van der Waals surface area (Å²) in [6.45, 7) is 8.14. The molecule has 2 amide bonds. The van der Waals surface area contributed by atoms with Gasteiger partial charge in [-0.1, -0.05) is 19.3 Å². The largest absolute Gasteiger partial charge is 0.472 e. The normalized spacial score (nSPS) is 32.7. The number of rotatable bonds is 20. The predicted molar refractivity (Wildman–Crippen MR) is 171 cm³/mol. The fourth-order valence-corrected chi connectivity index (χ4v) is 6.36. The number of phosphoric ester groups is 1. The quantitative estimate of drug-likeness (QED) is 0.0563. The molecule has 2 aliphatic heterocycles. The molecule has 0 aromatic heterocycles. The summed E-state index contributed by atoms with van der Waals surface area (Å²) in [6, 6.07) is -2.14. The van der Waals surface area contributed by atoms with Gasteiger partial charge in [0.05, 0.1) is 31.5 Å². The molecule has 0 saturated carbocycles. The Kier molecular flexibility index (Phi) is 18.4. The van der Waals surface area contributed by atoms with Crippen molar-refractivity contribution < 1.29 is 77.3 Å². The number of hydrogen-bond acceptors (Lipinski definition) is 15. The Labute approximate surface area is 287 Å². The Balaban J connectivity index is 1.85. The van der Waals surface area contributed by atoms with E-state index >= 15 is 0 Å². The van der Waals surface area contributed by atoms with Crippen molar-refractivity contribution in [1.29, 1.82) is 0 Å². The van der Waals surface area contributed by atoms with E-state index in [0.29, 0.717) is 26.1 Å². The summed E-state index contributed by atoms with van der Waals surface area (Å²) in [5.74, 6) is -0.932. The number of carbonyl (C=O) groups excluding carboxylic acids is 2. The van der Waals surface area contributed by atoms with Crippen molar-refractivity contribution in [2.45, 2.75) is 147 Å². The van der Waals surface area contributed by atoms with Crippen LogP contribution >= 0.6 is 7.82 Å². The van der Waals surface area contributed by atoms with Crippen LogP contribution in [0.5, 0.6) is 0 Å². The maximum Gasteiger partial charge on any atom is 0.472 e. The van der Waals surface area contributed by atoms with Crippen LogP contribution in [0.1, 0.15) is 73.6 Å². The zero-order chi connectivity index (χ0) is 36.9. The van der Waals surface area contributed by atoms with E-state index in [1.807, 2.05) is 0 Å². The van der Waals surface area contributed by atoms with Crippen LogP contribution in [-0.4, -0.2) is 148 Å². The molecule has 49 heavy (non-hydrogen) atoms. The summed E-state index contributed by atoms with van der Waals surface area (Å²) in [4.78, 5) is 33.5. The van der Waals surface area contributed by atoms with Crippen LogP contribution in [0.2, 0.25) is 0 Å². The Morgan fingerprint density at radius 1 is 0.816 bits per heavy atom. The highest BCUT2D eigenvalue weighted by molar-refractivity contribution is 7.47. The van der Waals surface area contributed by atoms with Crippen LogP contribution in [0.25, 0.3) is 0 Å². The molecule has 288 valence electrons. The van der Waals surface area contributed by atoms with Crippen molar-refractivity contribution in [3.63, 3.8) is 0 Å². The van der Waals surface area contributed by atoms with Gasteiger partial charge in [0, 0.05) is 27.1 Å². The highest BCUT2D eigenvalue weighted by atomic mass is 31.2. The molecule has 0 radical (unpaired) electrons. The average Bonchev–Trinajstić information content (AvgIpc) is 2.99. The summed E-state index contributed by atoms with van der Waals surface area (Å²) in [7, 11) is -4.53. The highest BCUT2D eigenvalue weighted by Crippen LogP contribution is 2.47. The van der Waals surface area contributed by atoms with Gasteiger partial charge in [-0.2, -0.15) is 0 Å². The molecule has 2 saturated heterocycles. The third-order valence-electron chi connectivity index (χ3n) is 7.62. The zero-order valence-corrected chi connectivity index (χ0v) is 30.0. The maximum absolute atomic E-state index is 12.5.